The minimum atomic E-state index is -0.299. The van der Waals surface area contributed by atoms with Crippen LogP contribution in [0.2, 0.25) is 0 Å². The van der Waals surface area contributed by atoms with Crippen LogP contribution in [0.5, 0.6) is 11.5 Å². The fraction of sp³-hybridized carbons (Fsp3) is 0.517. The Morgan fingerprint density at radius 3 is 2.62 bits per heavy atom. The van der Waals surface area contributed by atoms with Gasteiger partial charge in [0.25, 0.3) is 0 Å². The van der Waals surface area contributed by atoms with Crippen LogP contribution in [0, 0.1) is 11.8 Å². The molecule has 0 saturated heterocycles. The van der Waals surface area contributed by atoms with E-state index >= 15 is 0 Å². The van der Waals surface area contributed by atoms with Gasteiger partial charge in [-0.3, -0.25) is 14.5 Å². The number of hydrogen-bond acceptors (Lipinski definition) is 6. The largest absolute Gasteiger partial charge is 0.497 e. The molecule has 0 radical (unpaired) electrons. The average Bonchev–Trinajstić information content (AvgIpc) is 3.73. The Kier molecular flexibility index (Phi) is 8.71. The molecule has 0 spiro atoms. The summed E-state index contributed by atoms with van der Waals surface area (Å²) in [5, 5.41) is 12.8. The highest BCUT2D eigenvalue weighted by atomic mass is 16.5. The zero-order chi connectivity index (χ0) is 26.5. The molecule has 2 aromatic carbocycles. The van der Waals surface area contributed by atoms with Gasteiger partial charge in [0.05, 0.1) is 26.2 Å². The highest BCUT2D eigenvalue weighted by molar-refractivity contribution is 5.94. The molecule has 37 heavy (non-hydrogen) atoms. The molecular formula is C29H39N3O5. The second-order valence-electron chi connectivity index (χ2n) is 10.5. The summed E-state index contributed by atoms with van der Waals surface area (Å²) in [6.07, 6.45) is 1.81. The lowest BCUT2D eigenvalue weighted by molar-refractivity contribution is -0.134. The fourth-order valence-electron chi connectivity index (χ4n) is 4.73. The molecule has 1 heterocycles. The molecule has 1 aliphatic heterocycles. The van der Waals surface area contributed by atoms with Gasteiger partial charge >= 0.3 is 0 Å². The van der Waals surface area contributed by atoms with E-state index < -0.39 is 0 Å². The number of amides is 2. The van der Waals surface area contributed by atoms with Crippen molar-refractivity contribution >= 4 is 17.5 Å². The highest BCUT2D eigenvalue weighted by Gasteiger charge is 2.32. The molecule has 3 atom stereocenters. The summed E-state index contributed by atoms with van der Waals surface area (Å²) < 4.78 is 11.9. The predicted octanol–water partition coefficient (Wildman–Crippen LogP) is 3.32. The minimum absolute atomic E-state index is 0.0245. The van der Waals surface area contributed by atoms with Crippen molar-refractivity contribution in [3.63, 3.8) is 0 Å². The van der Waals surface area contributed by atoms with Crippen LogP contribution in [-0.4, -0.2) is 72.7 Å². The monoisotopic (exact) mass is 509 g/mol. The molecular weight excluding hydrogens is 470 g/mol. The molecule has 2 N–H and O–H groups in total. The summed E-state index contributed by atoms with van der Waals surface area (Å²) in [5.41, 5.74) is 2.58. The first-order chi connectivity index (χ1) is 17.8. The number of nitrogens with one attached hydrogen (secondary N) is 1. The zero-order valence-electron chi connectivity index (χ0n) is 22.3. The summed E-state index contributed by atoms with van der Waals surface area (Å²) in [6.45, 7) is 5.73. The van der Waals surface area contributed by atoms with E-state index in [9.17, 15) is 14.7 Å². The van der Waals surface area contributed by atoms with Crippen molar-refractivity contribution in [3.8, 4) is 11.5 Å². The van der Waals surface area contributed by atoms with Crippen molar-refractivity contribution in [3.05, 3.63) is 53.6 Å². The molecule has 2 aliphatic rings. The Hall–Kier alpha value is -3.10. The molecule has 0 unspecified atom stereocenters. The first-order valence-electron chi connectivity index (χ1n) is 13.1. The Bertz CT molecular complexity index is 1090. The van der Waals surface area contributed by atoms with Crippen molar-refractivity contribution in [2.45, 2.75) is 51.8 Å². The normalized spacial score (nSPS) is 20.8. The lowest BCUT2D eigenvalue weighted by Crippen LogP contribution is -2.47. The standard InChI is InChI=1S/C29H39N3O5/c1-19-15-32(20(2)18-33)28(34)14-23-13-24(30-29(35)22-7-8-22)9-12-26(23)37-27(19)17-31(3)16-21-5-10-25(36-4)11-6-21/h5-6,9-13,19-20,22,27,33H,7-8,14-18H2,1-4H3,(H,30,35)/t19-,20-,27-/m1/s1. The van der Waals surface area contributed by atoms with Gasteiger partial charge in [-0.05, 0) is 62.7 Å². The van der Waals surface area contributed by atoms with Crippen molar-refractivity contribution in [1.82, 2.24) is 9.80 Å². The van der Waals surface area contributed by atoms with Gasteiger partial charge in [0.1, 0.15) is 17.6 Å². The Morgan fingerprint density at radius 1 is 1.24 bits per heavy atom. The number of rotatable bonds is 9. The topological polar surface area (TPSA) is 91.3 Å². The third-order valence-corrected chi connectivity index (χ3v) is 7.24. The number of ether oxygens (including phenoxy) is 2. The number of carbonyl (C=O) groups is 2. The lowest BCUT2D eigenvalue weighted by Gasteiger charge is -2.34. The number of hydrogen-bond donors (Lipinski definition) is 2. The Balaban J connectivity index is 1.56. The molecule has 0 bridgehead atoms. The van der Waals surface area contributed by atoms with Crippen molar-refractivity contribution in [1.29, 1.82) is 0 Å². The van der Waals surface area contributed by atoms with Gasteiger partial charge in [-0.25, -0.2) is 0 Å². The second kappa shape index (κ2) is 12.0. The number of methoxy groups -OCH3 is 1. The Labute approximate surface area is 219 Å². The first-order valence-corrected chi connectivity index (χ1v) is 13.1. The average molecular weight is 510 g/mol. The number of fused-ring (bicyclic) bond motifs is 1. The van der Waals surface area contributed by atoms with Crippen molar-refractivity contribution in [2.24, 2.45) is 11.8 Å². The molecule has 0 aromatic heterocycles. The predicted molar refractivity (Wildman–Crippen MR) is 143 cm³/mol. The maximum Gasteiger partial charge on any atom is 0.227 e. The minimum Gasteiger partial charge on any atom is -0.497 e. The number of benzene rings is 2. The zero-order valence-corrected chi connectivity index (χ0v) is 22.3. The van der Waals surface area contributed by atoms with Crippen LogP contribution in [0.1, 0.15) is 37.8 Å². The Morgan fingerprint density at radius 2 is 1.97 bits per heavy atom. The van der Waals surface area contributed by atoms with Crippen LogP contribution >= 0.6 is 0 Å². The van der Waals surface area contributed by atoms with Gasteiger partial charge in [0.15, 0.2) is 0 Å². The van der Waals surface area contributed by atoms with E-state index in [0.717, 1.165) is 30.7 Å². The summed E-state index contributed by atoms with van der Waals surface area (Å²) >= 11 is 0. The van der Waals surface area contributed by atoms with Crippen LogP contribution in [0.25, 0.3) is 0 Å². The lowest BCUT2D eigenvalue weighted by atomic mass is 10.0. The number of nitrogens with zero attached hydrogens (tertiary/aromatic N) is 2. The SMILES string of the molecule is COc1ccc(CN(C)C[C@H]2Oc3ccc(NC(=O)C4CC4)cc3CC(=O)N([C@H](C)CO)C[C@H]2C)cc1. The number of carbonyl (C=O) groups excluding carboxylic acids is 2. The molecule has 1 saturated carbocycles. The molecule has 4 rings (SSSR count). The second-order valence-corrected chi connectivity index (χ2v) is 10.5. The van der Waals surface area contributed by atoms with E-state index in [2.05, 4.69) is 36.3 Å². The number of aliphatic hydroxyl groups is 1. The third-order valence-electron chi connectivity index (χ3n) is 7.24. The maximum absolute atomic E-state index is 13.4. The maximum atomic E-state index is 13.4. The highest BCUT2D eigenvalue weighted by Crippen LogP contribution is 2.32. The first kappa shape index (κ1) is 26.9. The quantitative estimate of drug-likeness (QED) is 0.539. The molecule has 8 heteroatoms. The molecule has 2 amide bonds. The summed E-state index contributed by atoms with van der Waals surface area (Å²) in [6, 6.07) is 13.3. The molecule has 8 nitrogen and oxygen atoms in total. The van der Waals surface area contributed by atoms with Crippen LogP contribution < -0.4 is 14.8 Å². The molecule has 2 aromatic rings. The van der Waals surface area contributed by atoms with Gasteiger partial charge in [0.2, 0.25) is 11.8 Å². The number of likely N-dealkylation sites (N-methyl/N-ethyl adjacent to an activating group) is 1. The van der Waals surface area contributed by atoms with E-state index in [1.54, 1.807) is 12.0 Å². The van der Waals surface area contributed by atoms with Gasteiger partial charge in [0, 0.05) is 42.7 Å². The van der Waals surface area contributed by atoms with Crippen LogP contribution in [0.15, 0.2) is 42.5 Å². The molecule has 1 fully saturated rings. The molecule has 1 aliphatic carbocycles. The van der Waals surface area contributed by atoms with E-state index in [-0.39, 0.29) is 48.8 Å². The van der Waals surface area contributed by atoms with Crippen LogP contribution in [-0.2, 0) is 22.6 Å². The van der Waals surface area contributed by atoms with Gasteiger partial charge in [-0.2, -0.15) is 0 Å². The smallest absolute Gasteiger partial charge is 0.227 e. The van der Waals surface area contributed by atoms with E-state index in [1.165, 1.54) is 5.56 Å². The van der Waals surface area contributed by atoms with Gasteiger partial charge in [-0.15, -0.1) is 0 Å². The van der Waals surface area contributed by atoms with Crippen molar-refractivity contribution < 1.29 is 24.2 Å². The third kappa shape index (κ3) is 7.02. The van der Waals surface area contributed by atoms with Crippen molar-refractivity contribution in [2.75, 3.05) is 39.2 Å². The van der Waals surface area contributed by atoms with Gasteiger partial charge in [-0.1, -0.05) is 19.1 Å². The molecule has 200 valence electrons. The van der Waals surface area contributed by atoms with Crippen LogP contribution in [0.3, 0.4) is 0 Å². The van der Waals surface area contributed by atoms with Crippen LogP contribution in [0.4, 0.5) is 5.69 Å². The number of anilines is 1. The summed E-state index contributed by atoms with van der Waals surface area (Å²) in [5.74, 6) is 1.57. The van der Waals surface area contributed by atoms with Gasteiger partial charge < -0.3 is 24.8 Å². The summed E-state index contributed by atoms with van der Waals surface area (Å²) in [4.78, 5) is 29.6. The number of aliphatic hydroxyl groups excluding tert-OH is 1. The van der Waals surface area contributed by atoms with E-state index in [0.29, 0.717) is 24.5 Å². The summed E-state index contributed by atoms with van der Waals surface area (Å²) in [7, 11) is 3.72. The fourth-order valence-corrected chi connectivity index (χ4v) is 4.73. The van der Waals surface area contributed by atoms with E-state index in [4.69, 9.17) is 9.47 Å². The van der Waals surface area contributed by atoms with E-state index in [1.807, 2.05) is 37.3 Å².